The molecule has 4 nitrogen and oxygen atoms in total. The Kier molecular flexibility index (Phi) is 5.29. The quantitative estimate of drug-likeness (QED) is 0.690. The van der Waals surface area contributed by atoms with E-state index < -0.39 is 0 Å². The van der Waals surface area contributed by atoms with Crippen molar-refractivity contribution in [3.63, 3.8) is 0 Å². The van der Waals surface area contributed by atoms with Gasteiger partial charge in [-0.25, -0.2) is 0 Å². The molecule has 0 saturated carbocycles. The van der Waals surface area contributed by atoms with E-state index in [0.717, 1.165) is 41.0 Å². The maximum Gasteiger partial charge on any atom is 0.250 e. The van der Waals surface area contributed by atoms with Gasteiger partial charge in [0.15, 0.2) is 0 Å². The smallest absolute Gasteiger partial charge is 0.250 e. The second kappa shape index (κ2) is 7.79. The van der Waals surface area contributed by atoms with Gasteiger partial charge in [0.1, 0.15) is 5.75 Å². The Morgan fingerprint density at radius 1 is 1.00 bits per heavy atom. The molecule has 0 spiro atoms. The van der Waals surface area contributed by atoms with E-state index in [2.05, 4.69) is 18.0 Å². The molecule has 0 atom stereocenters. The monoisotopic (exact) mass is 334 g/mol. The van der Waals surface area contributed by atoms with Crippen LogP contribution in [0.25, 0.3) is 11.1 Å². The fraction of sp³-hybridized carbons (Fsp3) is 0.238. The summed E-state index contributed by atoms with van der Waals surface area (Å²) in [6, 6.07) is 15.5. The number of aromatic nitrogens is 2. The first kappa shape index (κ1) is 17.0. The number of hydrogen-bond donors (Lipinski definition) is 0. The van der Waals surface area contributed by atoms with E-state index in [0.29, 0.717) is 6.54 Å². The highest BCUT2D eigenvalue weighted by Gasteiger charge is 2.03. The Balaban J connectivity index is 1.77. The molecule has 0 aliphatic carbocycles. The maximum atomic E-state index is 12.2. The van der Waals surface area contributed by atoms with Gasteiger partial charge < -0.3 is 9.30 Å². The van der Waals surface area contributed by atoms with Crippen LogP contribution >= 0.6 is 0 Å². The Morgan fingerprint density at radius 3 is 2.40 bits per heavy atom. The van der Waals surface area contributed by atoms with Crippen LogP contribution in [0.4, 0.5) is 0 Å². The van der Waals surface area contributed by atoms with E-state index in [-0.39, 0.29) is 5.56 Å². The van der Waals surface area contributed by atoms with Gasteiger partial charge in [0.2, 0.25) is 0 Å². The third-order valence-corrected chi connectivity index (χ3v) is 4.30. The number of nitrogens with zero attached hydrogens (tertiary/aromatic N) is 2. The molecule has 2 heterocycles. The van der Waals surface area contributed by atoms with Crippen molar-refractivity contribution < 1.29 is 4.74 Å². The Hall–Kier alpha value is -2.88. The average molecular weight is 334 g/mol. The molecular weight excluding hydrogens is 312 g/mol. The number of rotatable bonds is 6. The largest absolute Gasteiger partial charge is 0.497 e. The minimum atomic E-state index is 0.00963. The van der Waals surface area contributed by atoms with Gasteiger partial charge in [-0.2, -0.15) is 0 Å². The van der Waals surface area contributed by atoms with Crippen LogP contribution in [0.5, 0.6) is 5.75 Å². The molecule has 3 rings (SSSR count). The minimum absolute atomic E-state index is 0.00963. The summed E-state index contributed by atoms with van der Waals surface area (Å²) in [5.41, 5.74) is 4.31. The normalized spacial score (nSPS) is 10.6. The first-order valence-electron chi connectivity index (χ1n) is 8.48. The number of ether oxygens (including phenoxy) is 1. The van der Waals surface area contributed by atoms with Gasteiger partial charge in [0.25, 0.3) is 5.56 Å². The molecule has 0 saturated heterocycles. The van der Waals surface area contributed by atoms with Crippen LogP contribution < -0.4 is 10.3 Å². The predicted octanol–water partition coefficient (Wildman–Crippen LogP) is 3.72. The fourth-order valence-corrected chi connectivity index (χ4v) is 2.72. The maximum absolute atomic E-state index is 12.2. The van der Waals surface area contributed by atoms with Crippen molar-refractivity contribution in [2.45, 2.75) is 26.3 Å². The molecule has 0 bridgehead atoms. The van der Waals surface area contributed by atoms with Crippen LogP contribution in [-0.2, 0) is 19.4 Å². The summed E-state index contributed by atoms with van der Waals surface area (Å²) in [6.07, 6.45) is 5.53. The second-order valence-corrected chi connectivity index (χ2v) is 5.94. The molecule has 0 fully saturated rings. The lowest BCUT2D eigenvalue weighted by molar-refractivity contribution is 0.415. The molecule has 0 N–H and O–H groups in total. The highest BCUT2D eigenvalue weighted by Crippen LogP contribution is 2.21. The molecule has 128 valence electrons. The topological polar surface area (TPSA) is 44.1 Å². The molecule has 25 heavy (non-hydrogen) atoms. The third-order valence-electron chi connectivity index (χ3n) is 4.30. The van der Waals surface area contributed by atoms with Gasteiger partial charge in [-0.1, -0.05) is 25.1 Å². The summed E-state index contributed by atoms with van der Waals surface area (Å²) in [6.45, 7) is 2.72. The molecule has 4 heteroatoms. The highest BCUT2D eigenvalue weighted by molar-refractivity contribution is 5.63. The lowest BCUT2D eigenvalue weighted by Gasteiger charge is -2.09. The van der Waals surface area contributed by atoms with Crippen molar-refractivity contribution in [3.05, 3.63) is 82.5 Å². The first-order valence-corrected chi connectivity index (χ1v) is 8.48. The summed E-state index contributed by atoms with van der Waals surface area (Å²) in [4.78, 5) is 16.6. The third kappa shape index (κ3) is 4.15. The van der Waals surface area contributed by atoms with Crippen molar-refractivity contribution in [1.82, 2.24) is 9.55 Å². The molecule has 3 aromatic rings. The van der Waals surface area contributed by atoms with Crippen LogP contribution in [0.15, 0.2) is 65.7 Å². The molecule has 0 unspecified atom stereocenters. The molecule has 0 radical (unpaired) electrons. The zero-order chi connectivity index (χ0) is 17.6. The van der Waals surface area contributed by atoms with E-state index in [4.69, 9.17) is 4.74 Å². The van der Waals surface area contributed by atoms with Crippen molar-refractivity contribution in [3.8, 4) is 16.9 Å². The Morgan fingerprint density at radius 2 is 1.76 bits per heavy atom. The van der Waals surface area contributed by atoms with Crippen LogP contribution in [0.1, 0.15) is 18.2 Å². The number of methoxy groups -OCH3 is 1. The van der Waals surface area contributed by atoms with E-state index in [1.807, 2.05) is 48.8 Å². The molecular formula is C21H22N2O2. The lowest BCUT2D eigenvalue weighted by Crippen LogP contribution is -2.19. The van der Waals surface area contributed by atoms with Gasteiger partial charge in [-0.05, 0) is 53.8 Å². The summed E-state index contributed by atoms with van der Waals surface area (Å²) >= 11 is 0. The van der Waals surface area contributed by atoms with Gasteiger partial charge in [-0.15, -0.1) is 0 Å². The molecule has 0 aliphatic rings. The number of aryl methyl sites for hydroxylation is 3. The van der Waals surface area contributed by atoms with Gasteiger partial charge >= 0.3 is 0 Å². The van der Waals surface area contributed by atoms with Crippen LogP contribution in [0.2, 0.25) is 0 Å². The number of hydrogen-bond acceptors (Lipinski definition) is 3. The van der Waals surface area contributed by atoms with Gasteiger partial charge in [0, 0.05) is 30.7 Å². The van der Waals surface area contributed by atoms with Crippen molar-refractivity contribution in [2.24, 2.45) is 0 Å². The number of pyridine rings is 2. The van der Waals surface area contributed by atoms with Crippen LogP contribution in [-0.4, -0.2) is 16.7 Å². The standard InChI is InChI=1S/C21H22N2O2/c1-3-19-8-4-16(14-22-19)12-13-23-15-18(7-11-21(23)24)17-5-9-20(25-2)10-6-17/h4-11,14-15H,3,12-13H2,1-2H3. The Bertz CT molecular complexity index is 881. The fourth-order valence-electron chi connectivity index (χ4n) is 2.72. The van der Waals surface area contributed by atoms with Gasteiger partial charge in [-0.3, -0.25) is 9.78 Å². The van der Waals surface area contributed by atoms with E-state index in [1.54, 1.807) is 17.7 Å². The molecule has 1 aromatic carbocycles. The van der Waals surface area contributed by atoms with Gasteiger partial charge in [0.05, 0.1) is 7.11 Å². The second-order valence-electron chi connectivity index (χ2n) is 5.94. The molecule has 2 aromatic heterocycles. The zero-order valence-corrected chi connectivity index (χ0v) is 14.6. The summed E-state index contributed by atoms with van der Waals surface area (Å²) in [7, 11) is 1.65. The van der Waals surface area contributed by atoms with E-state index in [1.165, 1.54) is 0 Å². The lowest BCUT2D eigenvalue weighted by atomic mass is 10.1. The van der Waals surface area contributed by atoms with Crippen molar-refractivity contribution >= 4 is 0 Å². The average Bonchev–Trinajstić information content (AvgIpc) is 2.68. The summed E-state index contributed by atoms with van der Waals surface area (Å²) in [5, 5.41) is 0. The minimum Gasteiger partial charge on any atom is -0.497 e. The molecule has 0 aliphatic heterocycles. The summed E-state index contributed by atoms with van der Waals surface area (Å²) < 4.78 is 6.95. The zero-order valence-electron chi connectivity index (χ0n) is 14.6. The molecule has 0 amide bonds. The van der Waals surface area contributed by atoms with E-state index in [9.17, 15) is 4.79 Å². The predicted molar refractivity (Wildman–Crippen MR) is 100 cm³/mol. The van der Waals surface area contributed by atoms with E-state index >= 15 is 0 Å². The van der Waals surface area contributed by atoms with Crippen molar-refractivity contribution in [1.29, 1.82) is 0 Å². The SMILES string of the molecule is CCc1ccc(CCn2cc(-c3ccc(OC)cc3)ccc2=O)cn1. The highest BCUT2D eigenvalue weighted by atomic mass is 16.5. The Labute approximate surface area is 147 Å². The van der Waals surface area contributed by atoms with Crippen LogP contribution in [0.3, 0.4) is 0 Å². The first-order chi connectivity index (χ1) is 12.2. The van der Waals surface area contributed by atoms with Crippen LogP contribution in [0, 0.1) is 0 Å². The number of benzene rings is 1. The van der Waals surface area contributed by atoms with Crippen molar-refractivity contribution in [2.75, 3.05) is 7.11 Å². The summed E-state index contributed by atoms with van der Waals surface area (Å²) in [5.74, 6) is 0.820.